The van der Waals surface area contributed by atoms with Crippen LogP contribution in [-0.4, -0.2) is 16.1 Å². The summed E-state index contributed by atoms with van der Waals surface area (Å²) in [5.41, 5.74) is 1.35. The van der Waals surface area contributed by atoms with Crippen molar-refractivity contribution in [1.29, 1.82) is 0 Å². The van der Waals surface area contributed by atoms with Crippen LogP contribution in [0, 0.1) is 0 Å². The van der Waals surface area contributed by atoms with Crippen molar-refractivity contribution >= 4 is 17.4 Å². The highest BCUT2D eigenvalue weighted by Gasteiger charge is 2.30. The highest BCUT2D eigenvalue weighted by atomic mass is 19.4. The highest BCUT2D eigenvalue weighted by Crippen LogP contribution is 2.30. The van der Waals surface area contributed by atoms with Gasteiger partial charge in [-0.15, -0.1) is 10.2 Å². The Morgan fingerprint density at radius 2 is 1.90 bits per heavy atom. The van der Waals surface area contributed by atoms with E-state index in [4.69, 9.17) is 5.84 Å². The van der Waals surface area contributed by atoms with Gasteiger partial charge in [0.05, 0.1) is 5.56 Å². The van der Waals surface area contributed by atoms with E-state index in [1.165, 1.54) is 24.3 Å². The number of rotatable bonds is 3. The van der Waals surface area contributed by atoms with Crippen LogP contribution in [0.2, 0.25) is 0 Å². The van der Waals surface area contributed by atoms with Gasteiger partial charge >= 0.3 is 6.18 Å². The van der Waals surface area contributed by atoms with E-state index < -0.39 is 17.6 Å². The third kappa shape index (κ3) is 3.66. The van der Waals surface area contributed by atoms with E-state index >= 15 is 0 Å². The van der Waals surface area contributed by atoms with Crippen molar-refractivity contribution < 1.29 is 18.0 Å². The summed E-state index contributed by atoms with van der Waals surface area (Å²) < 4.78 is 37.7. The van der Waals surface area contributed by atoms with Gasteiger partial charge in [0.15, 0.2) is 11.5 Å². The number of nitrogens with zero attached hydrogens (tertiary/aromatic N) is 2. The van der Waals surface area contributed by atoms with Gasteiger partial charge in [-0.1, -0.05) is 6.07 Å². The number of carbonyl (C=O) groups is 1. The second-order valence-corrected chi connectivity index (χ2v) is 3.98. The van der Waals surface area contributed by atoms with Crippen molar-refractivity contribution in [2.24, 2.45) is 5.84 Å². The largest absolute Gasteiger partial charge is 0.416 e. The summed E-state index contributed by atoms with van der Waals surface area (Å²) in [6.07, 6.45) is -4.48. The average molecular weight is 297 g/mol. The molecule has 110 valence electrons. The molecule has 4 N–H and O–H groups in total. The standard InChI is InChI=1S/C12H10F3N5O/c13-12(14,15)7-2-1-3-8(6-7)17-11(21)9-4-5-10(18-16)20-19-9/h1-6H,16H2,(H,17,21)(H,18,20). The average Bonchev–Trinajstić information content (AvgIpc) is 2.47. The quantitative estimate of drug-likeness (QED) is 0.595. The maximum Gasteiger partial charge on any atom is 0.416 e. The fourth-order valence-electron chi connectivity index (χ4n) is 1.50. The normalized spacial score (nSPS) is 11.0. The molecule has 0 aliphatic heterocycles. The predicted molar refractivity (Wildman–Crippen MR) is 69.2 cm³/mol. The molecule has 1 heterocycles. The number of aromatic nitrogens is 2. The molecule has 1 aromatic heterocycles. The van der Waals surface area contributed by atoms with Crippen molar-refractivity contribution in [1.82, 2.24) is 10.2 Å². The Bertz CT molecular complexity index is 642. The molecular formula is C12H10F3N5O. The van der Waals surface area contributed by atoms with Crippen LogP contribution in [0.1, 0.15) is 16.1 Å². The number of carbonyl (C=O) groups excluding carboxylic acids is 1. The van der Waals surface area contributed by atoms with Crippen LogP contribution in [0.4, 0.5) is 24.7 Å². The van der Waals surface area contributed by atoms with E-state index in [0.29, 0.717) is 0 Å². The zero-order valence-corrected chi connectivity index (χ0v) is 10.5. The number of anilines is 2. The SMILES string of the molecule is NNc1ccc(C(=O)Nc2cccc(C(F)(F)F)c2)nn1. The minimum atomic E-state index is -4.48. The minimum Gasteiger partial charge on any atom is -0.321 e. The molecule has 0 saturated heterocycles. The van der Waals surface area contributed by atoms with Gasteiger partial charge in [0.2, 0.25) is 0 Å². The van der Waals surface area contributed by atoms with Crippen molar-refractivity contribution in [3.63, 3.8) is 0 Å². The molecule has 6 nitrogen and oxygen atoms in total. The number of benzene rings is 1. The van der Waals surface area contributed by atoms with Crippen molar-refractivity contribution in [3.8, 4) is 0 Å². The molecule has 0 radical (unpaired) electrons. The Hall–Kier alpha value is -2.68. The summed E-state index contributed by atoms with van der Waals surface area (Å²) >= 11 is 0. The molecule has 2 aromatic rings. The lowest BCUT2D eigenvalue weighted by atomic mass is 10.2. The van der Waals surface area contributed by atoms with E-state index in [1.54, 1.807) is 0 Å². The number of nitrogens with two attached hydrogens (primary N) is 1. The van der Waals surface area contributed by atoms with Crippen LogP contribution in [0.5, 0.6) is 0 Å². The molecule has 9 heteroatoms. The van der Waals surface area contributed by atoms with Crippen LogP contribution in [-0.2, 0) is 6.18 Å². The molecule has 1 amide bonds. The zero-order chi connectivity index (χ0) is 15.5. The van der Waals surface area contributed by atoms with Crippen LogP contribution in [0.25, 0.3) is 0 Å². The Morgan fingerprint density at radius 1 is 1.14 bits per heavy atom. The molecule has 0 aliphatic rings. The summed E-state index contributed by atoms with van der Waals surface area (Å²) in [5, 5.41) is 9.49. The van der Waals surface area contributed by atoms with Gasteiger partial charge < -0.3 is 10.7 Å². The summed E-state index contributed by atoms with van der Waals surface area (Å²) in [5.74, 6) is 4.68. The first-order valence-electron chi connectivity index (χ1n) is 5.69. The number of alkyl halides is 3. The number of hydrazine groups is 1. The number of halogens is 3. The minimum absolute atomic E-state index is 0.0117. The second kappa shape index (κ2) is 5.75. The monoisotopic (exact) mass is 297 g/mol. The molecule has 0 fully saturated rings. The van der Waals surface area contributed by atoms with E-state index in [2.05, 4.69) is 20.9 Å². The van der Waals surface area contributed by atoms with Crippen molar-refractivity contribution in [2.45, 2.75) is 6.18 Å². The summed E-state index contributed by atoms with van der Waals surface area (Å²) in [6.45, 7) is 0. The third-order valence-corrected chi connectivity index (χ3v) is 2.49. The number of hydrogen-bond donors (Lipinski definition) is 3. The molecule has 0 atom stereocenters. The molecule has 1 aromatic carbocycles. The smallest absolute Gasteiger partial charge is 0.321 e. The van der Waals surface area contributed by atoms with E-state index in [9.17, 15) is 18.0 Å². The summed E-state index contributed by atoms with van der Waals surface area (Å²) in [4.78, 5) is 11.8. The summed E-state index contributed by atoms with van der Waals surface area (Å²) in [6, 6.07) is 7.04. The Morgan fingerprint density at radius 3 is 2.48 bits per heavy atom. The molecule has 21 heavy (non-hydrogen) atoms. The van der Waals surface area contributed by atoms with Gasteiger partial charge in [-0.3, -0.25) is 4.79 Å². The lowest BCUT2D eigenvalue weighted by Crippen LogP contribution is -2.16. The molecule has 0 spiro atoms. The number of hydrogen-bond acceptors (Lipinski definition) is 5. The van der Waals surface area contributed by atoms with Crippen molar-refractivity contribution in [3.05, 3.63) is 47.7 Å². The van der Waals surface area contributed by atoms with Gasteiger partial charge in [-0.2, -0.15) is 13.2 Å². The van der Waals surface area contributed by atoms with Crippen LogP contribution in [0.3, 0.4) is 0 Å². The van der Waals surface area contributed by atoms with E-state index in [0.717, 1.165) is 12.1 Å². The van der Waals surface area contributed by atoms with E-state index in [1.807, 2.05) is 0 Å². The van der Waals surface area contributed by atoms with Gasteiger partial charge in [0.25, 0.3) is 5.91 Å². The first kappa shape index (κ1) is 14.7. The summed E-state index contributed by atoms with van der Waals surface area (Å²) in [7, 11) is 0. The maximum atomic E-state index is 12.6. The Kier molecular flexibility index (Phi) is 4.03. The number of nitrogen functional groups attached to an aromatic ring is 1. The fourth-order valence-corrected chi connectivity index (χ4v) is 1.50. The van der Waals surface area contributed by atoms with Crippen molar-refractivity contribution in [2.75, 3.05) is 10.7 Å². The number of nitrogens with one attached hydrogen (secondary N) is 2. The molecule has 2 rings (SSSR count). The molecular weight excluding hydrogens is 287 g/mol. The van der Waals surface area contributed by atoms with Crippen LogP contribution < -0.4 is 16.6 Å². The van der Waals surface area contributed by atoms with Gasteiger partial charge in [0.1, 0.15) is 0 Å². The first-order valence-corrected chi connectivity index (χ1v) is 5.69. The second-order valence-electron chi connectivity index (χ2n) is 3.98. The molecule has 0 saturated carbocycles. The fraction of sp³-hybridized carbons (Fsp3) is 0.0833. The Labute approximate surface area is 117 Å². The topological polar surface area (TPSA) is 92.9 Å². The lowest BCUT2D eigenvalue weighted by molar-refractivity contribution is -0.137. The van der Waals surface area contributed by atoms with Gasteiger partial charge in [-0.25, -0.2) is 5.84 Å². The zero-order valence-electron chi connectivity index (χ0n) is 10.5. The highest BCUT2D eigenvalue weighted by molar-refractivity contribution is 6.02. The van der Waals surface area contributed by atoms with Crippen LogP contribution >= 0.6 is 0 Å². The third-order valence-electron chi connectivity index (χ3n) is 2.49. The molecule has 0 aliphatic carbocycles. The van der Waals surface area contributed by atoms with Gasteiger partial charge in [-0.05, 0) is 30.3 Å². The first-order chi connectivity index (χ1) is 9.90. The number of amides is 1. The lowest BCUT2D eigenvalue weighted by Gasteiger charge is -2.09. The van der Waals surface area contributed by atoms with Crippen LogP contribution in [0.15, 0.2) is 36.4 Å². The maximum absolute atomic E-state index is 12.6. The predicted octanol–water partition coefficient (Wildman–Crippen LogP) is 2.03. The Balaban J connectivity index is 2.15. The van der Waals surface area contributed by atoms with Gasteiger partial charge in [0, 0.05) is 5.69 Å². The van der Waals surface area contributed by atoms with E-state index in [-0.39, 0.29) is 17.2 Å². The molecule has 0 unspecified atom stereocenters. The molecule has 0 bridgehead atoms.